The van der Waals surface area contributed by atoms with E-state index in [1.807, 2.05) is 13.8 Å². The molecule has 0 spiro atoms. The van der Waals surface area contributed by atoms with Gasteiger partial charge in [-0.25, -0.2) is 4.39 Å². The van der Waals surface area contributed by atoms with Crippen molar-refractivity contribution < 1.29 is 13.9 Å². The number of hydrogen-bond donors (Lipinski definition) is 0. The number of ether oxygens (including phenoxy) is 1. The smallest absolute Gasteiger partial charge is 0.252 e. The number of rotatable bonds is 7. The zero-order valence-electron chi connectivity index (χ0n) is 12.3. The summed E-state index contributed by atoms with van der Waals surface area (Å²) in [5, 5.41) is 0. The lowest BCUT2D eigenvalue weighted by atomic mass is 10.2. The van der Waals surface area contributed by atoms with Crippen LogP contribution in [0.2, 0.25) is 0 Å². The average Bonchev–Trinajstić information content (AvgIpc) is 2.39. The molecule has 0 radical (unpaired) electrons. The molecule has 110 valence electrons. The molecule has 1 amide bonds. The molecular weight excluding hydrogens is 257 g/mol. The summed E-state index contributed by atoms with van der Waals surface area (Å²) in [4.78, 5) is 14.0. The van der Waals surface area contributed by atoms with Crippen molar-refractivity contribution in [3.05, 3.63) is 48.3 Å². The van der Waals surface area contributed by atoms with Crippen LogP contribution >= 0.6 is 0 Å². The van der Waals surface area contributed by atoms with Crippen molar-refractivity contribution in [3.8, 4) is 0 Å². The summed E-state index contributed by atoms with van der Waals surface area (Å²) in [7, 11) is 0. The average molecular weight is 279 g/mol. The van der Waals surface area contributed by atoms with E-state index in [2.05, 4.69) is 6.58 Å². The Kier molecular flexibility index (Phi) is 6.39. The number of benzene rings is 1. The molecule has 1 aromatic rings. The minimum Gasteiger partial charge on any atom is -0.366 e. The minimum absolute atomic E-state index is 0.00893. The highest BCUT2D eigenvalue weighted by Gasteiger charge is 2.21. The van der Waals surface area contributed by atoms with Crippen LogP contribution in [0, 0.1) is 5.82 Å². The van der Waals surface area contributed by atoms with Crippen molar-refractivity contribution in [2.45, 2.75) is 39.5 Å². The van der Waals surface area contributed by atoms with E-state index in [4.69, 9.17) is 4.74 Å². The number of halogens is 1. The summed E-state index contributed by atoms with van der Waals surface area (Å²) in [6, 6.07) is 6.12. The number of hydrogen-bond acceptors (Lipinski definition) is 2. The molecule has 0 heterocycles. The Bertz CT molecular complexity index is 442. The predicted octanol–water partition coefficient (Wildman–Crippen LogP) is 3.15. The van der Waals surface area contributed by atoms with Crippen molar-refractivity contribution in [3.63, 3.8) is 0 Å². The van der Waals surface area contributed by atoms with E-state index in [9.17, 15) is 9.18 Å². The first kappa shape index (κ1) is 16.4. The number of carbonyl (C=O) groups excluding carboxylic acids is 1. The lowest BCUT2D eigenvalue weighted by Crippen LogP contribution is -2.39. The third-order valence-electron chi connectivity index (χ3n) is 2.77. The first-order valence-corrected chi connectivity index (χ1v) is 6.73. The summed E-state index contributed by atoms with van der Waals surface area (Å²) < 4.78 is 18.4. The highest BCUT2D eigenvalue weighted by Crippen LogP contribution is 2.10. The van der Waals surface area contributed by atoms with E-state index >= 15 is 0 Å². The molecular formula is C16H22FNO2. The molecule has 1 rings (SSSR count). The fourth-order valence-corrected chi connectivity index (χ4v) is 1.92. The maximum absolute atomic E-state index is 12.9. The fourth-order valence-electron chi connectivity index (χ4n) is 1.92. The normalized spacial score (nSPS) is 12.2. The maximum atomic E-state index is 12.9. The minimum atomic E-state index is -0.504. The van der Waals surface area contributed by atoms with E-state index in [1.54, 1.807) is 30.0 Å². The molecule has 0 saturated carbocycles. The standard InChI is InChI=1S/C16H22FNO2/c1-5-10-18(16(19)13(4)20-12(2)3)11-14-6-8-15(17)9-7-14/h5-9,12-13H,1,10-11H2,2-4H3/t13-/m1/s1. The van der Waals surface area contributed by atoms with Gasteiger partial charge in [-0.15, -0.1) is 6.58 Å². The quantitative estimate of drug-likeness (QED) is 0.718. The predicted molar refractivity (Wildman–Crippen MR) is 77.7 cm³/mol. The molecule has 0 N–H and O–H groups in total. The number of nitrogens with zero attached hydrogens (tertiary/aromatic N) is 1. The first-order chi connectivity index (χ1) is 9.43. The summed E-state index contributed by atoms with van der Waals surface area (Å²) in [6.07, 6.45) is 1.16. The maximum Gasteiger partial charge on any atom is 0.252 e. The molecule has 0 aliphatic rings. The molecule has 0 bridgehead atoms. The highest BCUT2D eigenvalue weighted by atomic mass is 19.1. The third kappa shape index (κ3) is 5.13. The van der Waals surface area contributed by atoms with Gasteiger partial charge in [0.05, 0.1) is 6.10 Å². The van der Waals surface area contributed by atoms with Crippen molar-refractivity contribution in [1.82, 2.24) is 4.90 Å². The van der Waals surface area contributed by atoms with Crippen molar-refractivity contribution in [2.24, 2.45) is 0 Å². The van der Waals surface area contributed by atoms with Gasteiger partial charge in [-0.3, -0.25) is 4.79 Å². The second kappa shape index (κ2) is 7.80. The molecule has 0 fully saturated rings. The van der Waals surface area contributed by atoms with E-state index in [0.29, 0.717) is 13.1 Å². The van der Waals surface area contributed by atoms with E-state index in [0.717, 1.165) is 5.56 Å². The van der Waals surface area contributed by atoms with Gasteiger partial charge in [-0.05, 0) is 38.5 Å². The van der Waals surface area contributed by atoms with Crippen molar-refractivity contribution in [1.29, 1.82) is 0 Å². The molecule has 4 heteroatoms. The molecule has 0 aliphatic carbocycles. The topological polar surface area (TPSA) is 29.5 Å². The molecule has 1 aromatic carbocycles. The monoisotopic (exact) mass is 279 g/mol. The van der Waals surface area contributed by atoms with Crippen LogP contribution in [-0.2, 0) is 16.1 Å². The summed E-state index contributed by atoms with van der Waals surface area (Å²) >= 11 is 0. The first-order valence-electron chi connectivity index (χ1n) is 6.73. The van der Waals surface area contributed by atoms with E-state index in [-0.39, 0.29) is 17.8 Å². The highest BCUT2D eigenvalue weighted by molar-refractivity contribution is 5.80. The third-order valence-corrected chi connectivity index (χ3v) is 2.77. The number of amides is 1. The fraction of sp³-hybridized carbons (Fsp3) is 0.438. The Morgan fingerprint density at radius 3 is 2.45 bits per heavy atom. The number of carbonyl (C=O) groups is 1. The second-order valence-electron chi connectivity index (χ2n) is 4.96. The van der Waals surface area contributed by atoms with Crippen LogP contribution in [0.1, 0.15) is 26.3 Å². The molecule has 3 nitrogen and oxygen atoms in total. The van der Waals surface area contributed by atoms with Gasteiger partial charge in [0.1, 0.15) is 11.9 Å². The van der Waals surface area contributed by atoms with Gasteiger partial charge < -0.3 is 9.64 Å². The van der Waals surface area contributed by atoms with Gasteiger partial charge in [-0.1, -0.05) is 18.2 Å². The van der Waals surface area contributed by atoms with Crippen LogP contribution in [0.4, 0.5) is 4.39 Å². The Balaban J connectivity index is 2.74. The van der Waals surface area contributed by atoms with Gasteiger partial charge in [0, 0.05) is 13.1 Å². The van der Waals surface area contributed by atoms with Crippen molar-refractivity contribution >= 4 is 5.91 Å². The van der Waals surface area contributed by atoms with E-state index in [1.165, 1.54) is 12.1 Å². The van der Waals surface area contributed by atoms with Crippen LogP contribution in [0.15, 0.2) is 36.9 Å². The lowest BCUT2D eigenvalue weighted by molar-refractivity contribution is -0.145. The molecule has 20 heavy (non-hydrogen) atoms. The summed E-state index contributed by atoms with van der Waals surface area (Å²) in [5.41, 5.74) is 0.873. The van der Waals surface area contributed by atoms with Crippen LogP contribution in [-0.4, -0.2) is 29.6 Å². The Morgan fingerprint density at radius 1 is 1.35 bits per heavy atom. The van der Waals surface area contributed by atoms with Crippen LogP contribution in [0.3, 0.4) is 0 Å². The van der Waals surface area contributed by atoms with Gasteiger partial charge in [0.2, 0.25) is 0 Å². The molecule has 1 atom stereocenters. The molecule has 0 aliphatic heterocycles. The summed E-state index contributed by atoms with van der Waals surface area (Å²) in [5.74, 6) is -0.380. The molecule has 0 saturated heterocycles. The van der Waals surface area contributed by atoms with Crippen molar-refractivity contribution in [2.75, 3.05) is 6.54 Å². The van der Waals surface area contributed by atoms with E-state index < -0.39 is 6.10 Å². The lowest BCUT2D eigenvalue weighted by Gasteiger charge is -2.25. The van der Waals surface area contributed by atoms with Crippen LogP contribution < -0.4 is 0 Å². The SMILES string of the molecule is C=CCN(Cc1ccc(F)cc1)C(=O)[C@@H](C)OC(C)C. The Hall–Kier alpha value is -1.68. The molecule has 0 aromatic heterocycles. The van der Waals surface area contributed by atoms with Crippen LogP contribution in [0.25, 0.3) is 0 Å². The van der Waals surface area contributed by atoms with Gasteiger partial charge in [0.25, 0.3) is 5.91 Å². The zero-order valence-corrected chi connectivity index (χ0v) is 12.3. The largest absolute Gasteiger partial charge is 0.366 e. The summed E-state index contributed by atoms with van der Waals surface area (Å²) in [6.45, 7) is 10.0. The van der Waals surface area contributed by atoms with Gasteiger partial charge in [-0.2, -0.15) is 0 Å². The Labute approximate surface area is 120 Å². The van der Waals surface area contributed by atoms with Gasteiger partial charge in [0.15, 0.2) is 0 Å². The molecule has 0 unspecified atom stereocenters. The Morgan fingerprint density at radius 2 is 1.95 bits per heavy atom. The second-order valence-corrected chi connectivity index (χ2v) is 4.96. The van der Waals surface area contributed by atoms with Crippen LogP contribution in [0.5, 0.6) is 0 Å². The van der Waals surface area contributed by atoms with Gasteiger partial charge >= 0.3 is 0 Å². The zero-order chi connectivity index (χ0) is 15.1.